The van der Waals surface area contributed by atoms with Crippen LogP contribution < -0.4 is 5.73 Å². The first-order chi connectivity index (χ1) is 8.16. The molecule has 2 heterocycles. The number of aromatic nitrogens is 4. The molecule has 2 aromatic heterocycles. The van der Waals surface area contributed by atoms with Crippen molar-refractivity contribution in [2.75, 3.05) is 5.73 Å². The molecule has 0 fully saturated rings. The van der Waals surface area contributed by atoms with Gasteiger partial charge in [0.05, 0.1) is 11.2 Å². The molecule has 0 aliphatic rings. The lowest BCUT2D eigenvalue weighted by atomic mass is 10.1. The van der Waals surface area contributed by atoms with Crippen molar-refractivity contribution in [2.45, 2.75) is 13.8 Å². The molecule has 0 unspecified atom stereocenters. The molecule has 0 atom stereocenters. The van der Waals surface area contributed by atoms with E-state index in [0.717, 1.165) is 39.2 Å². The van der Waals surface area contributed by atoms with E-state index in [-0.39, 0.29) is 0 Å². The normalized spacial score (nSPS) is 11.2. The molecule has 0 saturated carbocycles. The minimum atomic E-state index is 0.735. The van der Waals surface area contributed by atoms with Gasteiger partial charge >= 0.3 is 0 Å². The molecule has 0 amide bonds. The Bertz CT molecular complexity index is 673. The molecule has 0 aliphatic carbocycles. The van der Waals surface area contributed by atoms with Crippen LogP contribution in [0.15, 0.2) is 18.2 Å². The van der Waals surface area contributed by atoms with Crippen LogP contribution in [0, 0.1) is 13.8 Å². The van der Waals surface area contributed by atoms with Crippen LogP contribution in [0.5, 0.6) is 0 Å². The molecule has 5 heteroatoms. The monoisotopic (exact) mass is 227 g/mol. The van der Waals surface area contributed by atoms with Crippen LogP contribution in [0.4, 0.5) is 5.69 Å². The van der Waals surface area contributed by atoms with Gasteiger partial charge in [0.2, 0.25) is 0 Å². The summed E-state index contributed by atoms with van der Waals surface area (Å²) in [5, 5.41) is 15.6. The van der Waals surface area contributed by atoms with E-state index in [0.29, 0.717) is 0 Å². The fourth-order valence-electron chi connectivity index (χ4n) is 2.12. The van der Waals surface area contributed by atoms with E-state index >= 15 is 0 Å². The molecule has 0 radical (unpaired) electrons. The Morgan fingerprint density at radius 2 is 1.94 bits per heavy atom. The third-order valence-electron chi connectivity index (χ3n) is 2.95. The van der Waals surface area contributed by atoms with Crippen molar-refractivity contribution in [1.29, 1.82) is 0 Å². The van der Waals surface area contributed by atoms with E-state index in [1.807, 2.05) is 32.0 Å². The molecular weight excluding hydrogens is 214 g/mol. The van der Waals surface area contributed by atoms with Gasteiger partial charge in [0.15, 0.2) is 0 Å². The van der Waals surface area contributed by atoms with Gasteiger partial charge in [0.25, 0.3) is 0 Å². The summed E-state index contributed by atoms with van der Waals surface area (Å²) in [5.74, 6) is 0. The Hall–Kier alpha value is -2.30. The Labute approximate surface area is 98.0 Å². The van der Waals surface area contributed by atoms with Crippen molar-refractivity contribution >= 4 is 16.6 Å². The number of hydrogen-bond donors (Lipinski definition) is 3. The molecule has 86 valence electrons. The molecule has 3 aromatic rings. The number of rotatable bonds is 1. The highest BCUT2D eigenvalue weighted by Gasteiger charge is 2.15. The number of hydrogen-bond acceptors (Lipinski definition) is 3. The highest BCUT2D eigenvalue weighted by Crippen LogP contribution is 2.30. The second-order valence-electron chi connectivity index (χ2n) is 4.19. The first kappa shape index (κ1) is 9.89. The Morgan fingerprint density at radius 1 is 1.12 bits per heavy atom. The maximum Gasteiger partial charge on any atom is 0.104 e. The largest absolute Gasteiger partial charge is 0.399 e. The second kappa shape index (κ2) is 3.35. The number of H-pyrrole nitrogens is 2. The highest BCUT2D eigenvalue weighted by atomic mass is 15.1. The van der Waals surface area contributed by atoms with Crippen LogP contribution in [0.3, 0.4) is 0 Å². The van der Waals surface area contributed by atoms with Crippen molar-refractivity contribution in [3.63, 3.8) is 0 Å². The van der Waals surface area contributed by atoms with E-state index in [1.165, 1.54) is 0 Å². The van der Waals surface area contributed by atoms with Gasteiger partial charge in [-0.15, -0.1) is 0 Å². The van der Waals surface area contributed by atoms with Crippen LogP contribution in [0.1, 0.15) is 11.4 Å². The lowest BCUT2D eigenvalue weighted by molar-refractivity contribution is 1.02. The molecule has 5 nitrogen and oxygen atoms in total. The maximum absolute atomic E-state index is 5.82. The topological polar surface area (TPSA) is 83.4 Å². The van der Waals surface area contributed by atoms with E-state index in [1.54, 1.807) is 0 Å². The van der Waals surface area contributed by atoms with Crippen molar-refractivity contribution in [3.8, 4) is 11.3 Å². The number of fused-ring (bicyclic) bond motifs is 1. The number of aromatic amines is 2. The van der Waals surface area contributed by atoms with Crippen molar-refractivity contribution in [1.82, 2.24) is 20.4 Å². The number of aryl methyl sites for hydroxylation is 2. The molecule has 0 bridgehead atoms. The zero-order chi connectivity index (χ0) is 12.0. The van der Waals surface area contributed by atoms with Gasteiger partial charge in [-0.3, -0.25) is 10.2 Å². The van der Waals surface area contributed by atoms with Gasteiger partial charge in [0, 0.05) is 22.3 Å². The number of nitrogens with one attached hydrogen (secondary N) is 2. The zero-order valence-corrected chi connectivity index (χ0v) is 9.70. The fourth-order valence-corrected chi connectivity index (χ4v) is 2.12. The van der Waals surface area contributed by atoms with Crippen LogP contribution in [-0.4, -0.2) is 20.4 Å². The first-order valence-corrected chi connectivity index (χ1v) is 5.42. The summed E-state index contributed by atoms with van der Waals surface area (Å²) in [6, 6.07) is 5.73. The lowest BCUT2D eigenvalue weighted by Crippen LogP contribution is -1.85. The third-order valence-corrected chi connectivity index (χ3v) is 2.95. The van der Waals surface area contributed by atoms with Gasteiger partial charge in [0.1, 0.15) is 5.69 Å². The summed E-state index contributed by atoms with van der Waals surface area (Å²) < 4.78 is 0. The van der Waals surface area contributed by atoms with E-state index < -0.39 is 0 Å². The van der Waals surface area contributed by atoms with E-state index in [4.69, 9.17) is 5.73 Å². The summed E-state index contributed by atoms with van der Waals surface area (Å²) in [5.41, 5.74) is 11.4. The molecule has 4 N–H and O–H groups in total. The predicted octanol–water partition coefficient (Wildman–Crippen LogP) is 2.15. The standard InChI is InChI=1S/C12H13N5/c1-6-11(7(2)15-14-6)12-9-5-8(13)3-4-10(9)16-17-12/h3-5H,13H2,1-2H3,(H,14,15)(H,16,17). The lowest BCUT2D eigenvalue weighted by Gasteiger charge is -1.98. The molecular formula is C12H13N5. The molecule has 17 heavy (non-hydrogen) atoms. The van der Waals surface area contributed by atoms with Gasteiger partial charge in [-0.25, -0.2) is 0 Å². The van der Waals surface area contributed by atoms with E-state index in [9.17, 15) is 0 Å². The molecule has 3 rings (SSSR count). The molecule has 0 aliphatic heterocycles. The number of benzene rings is 1. The fraction of sp³-hybridized carbons (Fsp3) is 0.167. The SMILES string of the molecule is Cc1n[nH]c(C)c1-c1n[nH]c2ccc(N)cc12. The highest BCUT2D eigenvalue weighted by molar-refractivity contribution is 5.95. The minimum Gasteiger partial charge on any atom is -0.399 e. The zero-order valence-electron chi connectivity index (χ0n) is 9.70. The predicted molar refractivity (Wildman–Crippen MR) is 67.6 cm³/mol. The minimum absolute atomic E-state index is 0.735. The molecule has 0 spiro atoms. The summed E-state index contributed by atoms with van der Waals surface area (Å²) in [4.78, 5) is 0. The first-order valence-electron chi connectivity index (χ1n) is 5.42. The number of nitrogen functional groups attached to an aromatic ring is 1. The van der Waals surface area contributed by atoms with Crippen molar-refractivity contribution in [2.24, 2.45) is 0 Å². The van der Waals surface area contributed by atoms with Crippen LogP contribution >= 0.6 is 0 Å². The quantitative estimate of drug-likeness (QED) is 0.557. The molecule has 0 saturated heterocycles. The van der Waals surface area contributed by atoms with Gasteiger partial charge in [-0.2, -0.15) is 10.2 Å². The van der Waals surface area contributed by atoms with Crippen molar-refractivity contribution in [3.05, 3.63) is 29.6 Å². The summed E-state index contributed by atoms with van der Waals surface area (Å²) in [6.07, 6.45) is 0. The average molecular weight is 227 g/mol. The Morgan fingerprint density at radius 3 is 2.65 bits per heavy atom. The molecule has 1 aromatic carbocycles. The van der Waals surface area contributed by atoms with Crippen LogP contribution in [0.2, 0.25) is 0 Å². The van der Waals surface area contributed by atoms with Crippen LogP contribution in [0.25, 0.3) is 22.2 Å². The number of nitrogens with two attached hydrogens (primary N) is 1. The number of nitrogens with zero attached hydrogens (tertiary/aromatic N) is 2. The Kier molecular flexibility index (Phi) is 1.95. The summed E-state index contributed by atoms with van der Waals surface area (Å²) >= 11 is 0. The summed E-state index contributed by atoms with van der Waals surface area (Å²) in [6.45, 7) is 3.95. The van der Waals surface area contributed by atoms with Gasteiger partial charge in [-0.1, -0.05) is 0 Å². The van der Waals surface area contributed by atoms with E-state index in [2.05, 4.69) is 20.4 Å². The summed E-state index contributed by atoms with van der Waals surface area (Å²) in [7, 11) is 0. The Balaban J connectivity index is 2.35. The maximum atomic E-state index is 5.82. The smallest absolute Gasteiger partial charge is 0.104 e. The van der Waals surface area contributed by atoms with Crippen molar-refractivity contribution < 1.29 is 0 Å². The average Bonchev–Trinajstić information content (AvgIpc) is 2.83. The van der Waals surface area contributed by atoms with Gasteiger partial charge in [-0.05, 0) is 32.0 Å². The third kappa shape index (κ3) is 1.39. The van der Waals surface area contributed by atoms with Crippen LogP contribution in [-0.2, 0) is 0 Å². The van der Waals surface area contributed by atoms with Gasteiger partial charge < -0.3 is 5.73 Å². The second-order valence-corrected chi connectivity index (χ2v) is 4.19. The number of anilines is 1.